The maximum atomic E-state index is 10.8. The number of carboxylic acids is 1. The Hall–Kier alpha value is -1.19. The molecule has 72 valence electrons. The first-order chi connectivity index (χ1) is 5.76. The van der Waals surface area contributed by atoms with Crippen LogP contribution in [0.25, 0.3) is 0 Å². The van der Waals surface area contributed by atoms with E-state index in [-0.39, 0.29) is 5.41 Å². The molecule has 1 aliphatic rings. The summed E-state index contributed by atoms with van der Waals surface area (Å²) in [5.74, 6) is -0.963. The van der Waals surface area contributed by atoms with Gasteiger partial charge in [-0.25, -0.2) is 4.79 Å². The van der Waals surface area contributed by atoms with E-state index in [4.69, 9.17) is 5.11 Å². The number of rotatable bonds is 1. The molecule has 1 unspecified atom stereocenters. The Morgan fingerprint density at radius 1 is 1.54 bits per heavy atom. The van der Waals surface area contributed by atoms with Gasteiger partial charge in [-0.15, -0.1) is 0 Å². The number of carbonyl (C=O) groups is 1. The molecule has 0 saturated carbocycles. The zero-order valence-corrected chi connectivity index (χ0v) is 8.33. The van der Waals surface area contributed by atoms with Gasteiger partial charge in [0, 0.05) is 5.41 Å². The van der Waals surface area contributed by atoms with Gasteiger partial charge in [-0.3, -0.25) is 0 Å². The number of carboxylic acid groups (broad SMARTS) is 1. The number of nitrogens with zero attached hydrogens (tertiary/aromatic N) is 2. The maximum absolute atomic E-state index is 10.8. The van der Waals surface area contributed by atoms with Gasteiger partial charge >= 0.3 is 5.97 Å². The van der Waals surface area contributed by atoms with Crippen LogP contribution >= 0.6 is 0 Å². The lowest BCUT2D eigenvalue weighted by Gasteiger charge is -2.16. The Morgan fingerprint density at radius 3 is 2.31 bits per heavy atom. The third-order valence-electron chi connectivity index (χ3n) is 1.98. The lowest BCUT2D eigenvalue weighted by atomic mass is 9.89. The summed E-state index contributed by atoms with van der Waals surface area (Å²) in [5, 5.41) is 16.5. The number of hydrogen-bond donors (Lipinski definition) is 1. The van der Waals surface area contributed by atoms with Gasteiger partial charge in [0.2, 0.25) is 0 Å². The monoisotopic (exact) mass is 182 g/mol. The largest absolute Gasteiger partial charge is 0.479 e. The predicted octanol–water partition coefficient (Wildman–Crippen LogP) is 2.23. The Morgan fingerprint density at radius 2 is 2.08 bits per heavy atom. The van der Waals surface area contributed by atoms with Crippen molar-refractivity contribution in [3.63, 3.8) is 0 Å². The zero-order chi connectivity index (χ0) is 10.3. The summed E-state index contributed by atoms with van der Waals surface area (Å²) >= 11 is 0. The van der Waals surface area contributed by atoms with E-state index in [2.05, 4.69) is 10.2 Å². The van der Waals surface area contributed by atoms with Crippen molar-refractivity contribution >= 4 is 5.97 Å². The Balaban J connectivity index is 3.01. The van der Waals surface area contributed by atoms with Gasteiger partial charge in [0.25, 0.3) is 0 Å². The van der Waals surface area contributed by atoms with Crippen molar-refractivity contribution in [1.82, 2.24) is 0 Å². The molecule has 0 aromatic carbocycles. The topological polar surface area (TPSA) is 62.0 Å². The molecule has 0 aromatic heterocycles. The van der Waals surface area contributed by atoms with E-state index < -0.39 is 11.5 Å². The average molecular weight is 182 g/mol. The van der Waals surface area contributed by atoms with Gasteiger partial charge in [0.1, 0.15) is 0 Å². The van der Waals surface area contributed by atoms with E-state index in [9.17, 15) is 4.79 Å². The van der Waals surface area contributed by atoms with E-state index in [1.807, 2.05) is 20.8 Å². The minimum Gasteiger partial charge on any atom is -0.479 e. The van der Waals surface area contributed by atoms with E-state index in [1.165, 1.54) is 6.92 Å². The lowest BCUT2D eigenvalue weighted by Crippen LogP contribution is -2.28. The standard InChI is InChI=1S/C9H14N2O2/c1-8(2,3)6-5-9(4,7(12)13)11-10-6/h5H,1-4H3,(H,12,13). The summed E-state index contributed by atoms with van der Waals surface area (Å²) in [7, 11) is 0. The highest BCUT2D eigenvalue weighted by molar-refractivity contribution is 5.81. The molecule has 0 aromatic rings. The summed E-state index contributed by atoms with van der Waals surface area (Å²) < 4.78 is 0. The minimum absolute atomic E-state index is 0.142. The second kappa shape index (κ2) is 2.65. The molecule has 1 aliphatic heterocycles. The third kappa shape index (κ3) is 1.76. The molecule has 0 fully saturated rings. The van der Waals surface area contributed by atoms with E-state index >= 15 is 0 Å². The molecule has 4 nitrogen and oxygen atoms in total. The van der Waals surface area contributed by atoms with Gasteiger partial charge in [0.05, 0.1) is 5.70 Å². The second-order valence-corrected chi connectivity index (χ2v) is 4.43. The highest BCUT2D eigenvalue weighted by atomic mass is 16.4. The summed E-state index contributed by atoms with van der Waals surface area (Å²) in [5.41, 5.74) is -0.573. The van der Waals surface area contributed by atoms with Crippen LogP contribution in [0.4, 0.5) is 0 Å². The van der Waals surface area contributed by atoms with Gasteiger partial charge in [0.15, 0.2) is 5.54 Å². The van der Waals surface area contributed by atoms with Crippen LogP contribution in [0.2, 0.25) is 0 Å². The van der Waals surface area contributed by atoms with Crippen molar-refractivity contribution in [3.05, 3.63) is 11.8 Å². The Kier molecular flexibility index (Phi) is 2.02. The van der Waals surface area contributed by atoms with Crippen molar-refractivity contribution in [2.45, 2.75) is 33.2 Å². The summed E-state index contributed by atoms with van der Waals surface area (Å²) in [6.07, 6.45) is 1.61. The fraction of sp³-hybridized carbons (Fsp3) is 0.667. The molecule has 13 heavy (non-hydrogen) atoms. The molecular weight excluding hydrogens is 168 g/mol. The molecule has 1 rings (SSSR count). The van der Waals surface area contributed by atoms with Crippen LogP contribution in [-0.2, 0) is 4.79 Å². The molecule has 0 saturated heterocycles. The molecule has 1 atom stereocenters. The zero-order valence-electron chi connectivity index (χ0n) is 8.33. The first kappa shape index (κ1) is 9.89. The molecule has 0 bridgehead atoms. The lowest BCUT2D eigenvalue weighted by molar-refractivity contribution is -0.140. The van der Waals surface area contributed by atoms with E-state index in [0.717, 1.165) is 5.70 Å². The number of aliphatic carboxylic acids is 1. The normalized spacial score (nSPS) is 27.5. The smallest absolute Gasteiger partial charge is 0.337 e. The van der Waals surface area contributed by atoms with Crippen molar-refractivity contribution in [3.8, 4) is 0 Å². The molecule has 0 aliphatic carbocycles. The molecular formula is C9H14N2O2. The van der Waals surface area contributed by atoms with Gasteiger partial charge in [-0.05, 0) is 13.0 Å². The van der Waals surface area contributed by atoms with Gasteiger partial charge < -0.3 is 5.11 Å². The highest BCUT2D eigenvalue weighted by Crippen LogP contribution is 2.34. The van der Waals surface area contributed by atoms with Crippen LogP contribution in [0.5, 0.6) is 0 Å². The van der Waals surface area contributed by atoms with Crippen LogP contribution in [0.15, 0.2) is 22.0 Å². The average Bonchev–Trinajstić information content (AvgIpc) is 2.31. The molecule has 0 radical (unpaired) electrons. The first-order valence-corrected chi connectivity index (χ1v) is 4.15. The van der Waals surface area contributed by atoms with Crippen LogP contribution < -0.4 is 0 Å². The minimum atomic E-state index is -1.16. The van der Waals surface area contributed by atoms with E-state index in [0.29, 0.717) is 0 Å². The van der Waals surface area contributed by atoms with Crippen molar-refractivity contribution in [1.29, 1.82) is 0 Å². The van der Waals surface area contributed by atoms with Crippen molar-refractivity contribution < 1.29 is 9.90 Å². The number of azo groups is 1. The van der Waals surface area contributed by atoms with E-state index in [1.54, 1.807) is 6.08 Å². The fourth-order valence-electron chi connectivity index (χ4n) is 0.953. The third-order valence-corrected chi connectivity index (χ3v) is 1.98. The molecule has 0 amide bonds. The number of hydrogen-bond acceptors (Lipinski definition) is 3. The van der Waals surface area contributed by atoms with Crippen molar-refractivity contribution in [2.75, 3.05) is 0 Å². The molecule has 1 heterocycles. The molecule has 0 spiro atoms. The molecule has 1 N–H and O–H groups in total. The summed E-state index contributed by atoms with van der Waals surface area (Å²) in [6.45, 7) is 7.47. The Bertz CT molecular complexity index is 299. The number of allylic oxidation sites excluding steroid dienone is 1. The first-order valence-electron chi connectivity index (χ1n) is 4.15. The van der Waals surface area contributed by atoms with Crippen molar-refractivity contribution in [2.24, 2.45) is 15.6 Å². The van der Waals surface area contributed by atoms with Gasteiger partial charge in [-0.2, -0.15) is 10.2 Å². The summed E-state index contributed by atoms with van der Waals surface area (Å²) in [4.78, 5) is 10.8. The van der Waals surface area contributed by atoms with Crippen LogP contribution in [-0.4, -0.2) is 16.6 Å². The quantitative estimate of drug-likeness (QED) is 0.675. The SMILES string of the molecule is CC(C)(C)C1=CC(C)(C(=O)O)N=N1. The molecule has 4 heteroatoms. The van der Waals surface area contributed by atoms with Crippen LogP contribution in [0.1, 0.15) is 27.7 Å². The predicted molar refractivity (Wildman–Crippen MR) is 48.4 cm³/mol. The Labute approximate surface area is 77.4 Å². The van der Waals surface area contributed by atoms with Crippen LogP contribution in [0.3, 0.4) is 0 Å². The fourth-order valence-corrected chi connectivity index (χ4v) is 0.953. The maximum Gasteiger partial charge on any atom is 0.337 e. The van der Waals surface area contributed by atoms with Gasteiger partial charge in [-0.1, -0.05) is 20.8 Å². The second-order valence-electron chi connectivity index (χ2n) is 4.43. The summed E-state index contributed by atoms with van der Waals surface area (Å²) in [6, 6.07) is 0. The highest BCUT2D eigenvalue weighted by Gasteiger charge is 2.37. The van der Waals surface area contributed by atoms with Crippen LogP contribution in [0, 0.1) is 5.41 Å².